The molecule has 2 rings (SSSR count). The first-order valence-electron chi connectivity index (χ1n) is 9.09. The molecule has 0 saturated carbocycles. The van der Waals surface area contributed by atoms with Gasteiger partial charge in [-0.05, 0) is 52.3 Å². The van der Waals surface area contributed by atoms with Crippen molar-refractivity contribution in [2.45, 2.75) is 45.7 Å². The maximum absolute atomic E-state index is 12.9. The molecule has 138 valence electrons. The summed E-state index contributed by atoms with van der Waals surface area (Å²) in [6.07, 6.45) is 1.64. The molecule has 1 heterocycles. The topological polar surface area (TPSA) is 52.7 Å². The number of hydrogen-bond acceptors (Lipinski definition) is 3. The first kappa shape index (κ1) is 19.4. The number of rotatable bonds is 5. The van der Waals surface area contributed by atoms with E-state index in [0.29, 0.717) is 13.1 Å². The Morgan fingerprint density at radius 1 is 1.16 bits per heavy atom. The van der Waals surface area contributed by atoms with Crippen molar-refractivity contribution in [1.29, 1.82) is 0 Å². The molecule has 1 aromatic carbocycles. The molecular weight excluding hydrogens is 314 g/mol. The van der Waals surface area contributed by atoms with Gasteiger partial charge in [-0.15, -0.1) is 0 Å². The number of carbonyl (C=O) groups excluding carboxylic acids is 2. The van der Waals surface area contributed by atoms with Crippen molar-refractivity contribution in [1.82, 2.24) is 15.1 Å². The van der Waals surface area contributed by atoms with Gasteiger partial charge in [-0.2, -0.15) is 0 Å². The Labute approximate surface area is 151 Å². The van der Waals surface area contributed by atoms with Gasteiger partial charge in [0.15, 0.2) is 0 Å². The number of nitrogens with one attached hydrogen (secondary N) is 1. The van der Waals surface area contributed by atoms with E-state index in [1.54, 1.807) is 7.05 Å². The summed E-state index contributed by atoms with van der Waals surface area (Å²) in [6.45, 7) is 8.87. The Hall–Kier alpha value is -1.88. The number of piperidine rings is 1. The van der Waals surface area contributed by atoms with E-state index < -0.39 is 0 Å². The van der Waals surface area contributed by atoms with Crippen molar-refractivity contribution in [3.63, 3.8) is 0 Å². The van der Waals surface area contributed by atoms with Crippen molar-refractivity contribution in [3.05, 3.63) is 35.9 Å². The van der Waals surface area contributed by atoms with Crippen molar-refractivity contribution in [2.24, 2.45) is 5.92 Å². The minimum atomic E-state index is -0.229. The van der Waals surface area contributed by atoms with Gasteiger partial charge in [0.05, 0.1) is 6.54 Å². The second-order valence-electron chi connectivity index (χ2n) is 7.80. The van der Waals surface area contributed by atoms with Crippen molar-refractivity contribution < 1.29 is 9.59 Å². The van der Waals surface area contributed by atoms with E-state index in [4.69, 9.17) is 0 Å². The summed E-state index contributed by atoms with van der Waals surface area (Å²) in [6, 6.07) is 10.1. The molecule has 0 aromatic heterocycles. The smallest absolute Gasteiger partial charge is 0.237 e. The Morgan fingerprint density at radius 2 is 1.76 bits per heavy atom. The van der Waals surface area contributed by atoms with E-state index in [-0.39, 0.29) is 23.3 Å². The average molecular weight is 345 g/mol. The third kappa shape index (κ3) is 5.56. The Kier molecular flexibility index (Phi) is 6.59. The molecule has 2 amide bonds. The van der Waals surface area contributed by atoms with Crippen LogP contribution >= 0.6 is 0 Å². The highest BCUT2D eigenvalue weighted by atomic mass is 16.2. The fourth-order valence-electron chi connectivity index (χ4n) is 3.30. The highest BCUT2D eigenvalue weighted by Gasteiger charge is 2.30. The monoisotopic (exact) mass is 345 g/mol. The van der Waals surface area contributed by atoms with Gasteiger partial charge in [-0.3, -0.25) is 14.5 Å². The highest BCUT2D eigenvalue weighted by Crippen LogP contribution is 2.20. The largest absolute Gasteiger partial charge is 0.359 e. The molecule has 0 bridgehead atoms. The van der Waals surface area contributed by atoms with Gasteiger partial charge in [0.1, 0.15) is 0 Å². The van der Waals surface area contributed by atoms with Crippen LogP contribution in [0.5, 0.6) is 0 Å². The van der Waals surface area contributed by atoms with Gasteiger partial charge in [-0.25, -0.2) is 0 Å². The average Bonchev–Trinajstić information content (AvgIpc) is 2.59. The van der Waals surface area contributed by atoms with E-state index in [9.17, 15) is 9.59 Å². The molecular formula is C20H31N3O2. The molecule has 0 unspecified atom stereocenters. The molecule has 1 aromatic rings. The normalized spacial score (nSPS) is 16.5. The van der Waals surface area contributed by atoms with E-state index >= 15 is 0 Å². The lowest BCUT2D eigenvalue weighted by molar-refractivity contribution is -0.138. The standard InChI is InChI=1S/C20H31N3O2/c1-20(2,3)23(14-16-8-6-5-7-9-16)18(24)15-22-12-10-17(11-13-22)19(25)21-4/h5-9,17H,10-15H2,1-4H3,(H,21,25). The predicted octanol–water partition coefficient (Wildman–Crippen LogP) is 2.27. The Balaban J connectivity index is 1.95. The van der Waals surface area contributed by atoms with E-state index in [0.717, 1.165) is 31.5 Å². The molecule has 1 fully saturated rings. The summed E-state index contributed by atoms with van der Waals surface area (Å²) in [4.78, 5) is 28.8. The molecule has 0 atom stereocenters. The number of benzene rings is 1. The molecule has 1 aliphatic heterocycles. The summed E-state index contributed by atoms with van der Waals surface area (Å²) < 4.78 is 0. The maximum atomic E-state index is 12.9. The molecule has 5 nitrogen and oxygen atoms in total. The minimum absolute atomic E-state index is 0.0828. The zero-order valence-electron chi connectivity index (χ0n) is 15.9. The summed E-state index contributed by atoms with van der Waals surface area (Å²) >= 11 is 0. The predicted molar refractivity (Wildman–Crippen MR) is 100.0 cm³/mol. The lowest BCUT2D eigenvalue weighted by atomic mass is 9.96. The van der Waals surface area contributed by atoms with E-state index in [1.165, 1.54) is 0 Å². The van der Waals surface area contributed by atoms with Gasteiger partial charge in [-0.1, -0.05) is 30.3 Å². The third-order valence-corrected chi connectivity index (χ3v) is 4.86. The first-order chi connectivity index (χ1) is 11.8. The maximum Gasteiger partial charge on any atom is 0.237 e. The van der Waals surface area contributed by atoms with Crippen LogP contribution in [-0.2, 0) is 16.1 Å². The summed E-state index contributed by atoms with van der Waals surface area (Å²) in [5.41, 5.74) is 0.914. The Morgan fingerprint density at radius 3 is 2.28 bits per heavy atom. The minimum Gasteiger partial charge on any atom is -0.359 e. The molecule has 25 heavy (non-hydrogen) atoms. The van der Waals surface area contributed by atoms with Crippen LogP contribution in [0, 0.1) is 5.92 Å². The second kappa shape index (κ2) is 8.48. The number of nitrogens with zero attached hydrogens (tertiary/aromatic N) is 2. The summed E-state index contributed by atoms with van der Waals surface area (Å²) in [5, 5.41) is 2.72. The molecule has 0 spiro atoms. The molecule has 0 aliphatic carbocycles. The van der Waals surface area contributed by atoms with Crippen molar-refractivity contribution in [3.8, 4) is 0 Å². The van der Waals surface area contributed by atoms with Crippen molar-refractivity contribution in [2.75, 3.05) is 26.7 Å². The van der Waals surface area contributed by atoms with Crippen LogP contribution in [0.2, 0.25) is 0 Å². The van der Waals surface area contributed by atoms with Crippen LogP contribution in [-0.4, -0.2) is 53.8 Å². The lowest BCUT2D eigenvalue weighted by Crippen LogP contribution is -2.50. The molecule has 1 saturated heterocycles. The van der Waals surface area contributed by atoms with Gasteiger partial charge in [0.25, 0.3) is 0 Å². The first-order valence-corrected chi connectivity index (χ1v) is 9.09. The molecule has 5 heteroatoms. The van der Waals surface area contributed by atoms with Gasteiger partial charge in [0, 0.05) is 25.0 Å². The molecule has 1 N–H and O–H groups in total. The fourth-order valence-corrected chi connectivity index (χ4v) is 3.30. The van der Waals surface area contributed by atoms with Crippen LogP contribution in [0.1, 0.15) is 39.2 Å². The van der Waals surface area contributed by atoms with E-state index in [1.807, 2.05) is 23.1 Å². The van der Waals surface area contributed by atoms with E-state index in [2.05, 4.69) is 43.1 Å². The zero-order valence-corrected chi connectivity index (χ0v) is 15.9. The summed E-state index contributed by atoms with van der Waals surface area (Å²) in [5.74, 6) is 0.348. The third-order valence-electron chi connectivity index (χ3n) is 4.86. The Bertz CT molecular complexity index is 572. The van der Waals surface area contributed by atoms with Gasteiger partial charge < -0.3 is 10.2 Å². The van der Waals surface area contributed by atoms with Gasteiger partial charge in [0.2, 0.25) is 11.8 Å². The SMILES string of the molecule is CNC(=O)C1CCN(CC(=O)N(Cc2ccccc2)C(C)(C)C)CC1. The molecule has 1 aliphatic rings. The summed E-state index contributed by atoms with van der Waals surface area (Å²) in [7, 11) is 1.68. The van der Waals surface area contributed by atoms with Crippen LogP contribution < -0.4 is 5.32 Å². The van der Waals surface area contributed by atoms with Gasteiger partial charge >= 0.3 is 0 Å². The quantitative estimate of drug-likeness (QED) is 0.891. The number of amides is 2. The second-order valence-corrected chi connectivity index (χ2v) is 7.80. The molecule has 0 radical (unpaired) electrons. The highest BCUT2D eigenvalue weighted by molar-refractivity contribution is 5.79. The number of likely N-dealkylation sites (tertiary alicyclic amines) is 1. The number of carbonyl (C=O) groups is 2. The number of hydrogen-bond donors (Lipinski definition) is 1. The van der Waals surface area contributed by atoms with Crippen LogP contribution in [0.25, 0.3) is 0 Å². The zero-order chi connectivity index (χ0) is 18.4. The van der Waals surface area contributed by atoms with Crippen LogP contribution in [0.4, 0.5) is 0 Å². The fraction of sp³-hybridized carbons (Fsp3) is 0.600. The van der Waals surface area contributed by atoms with Crippen LogP contribution in [0.15, 0.2) is 30.3 Å². The lowest BCUT2D eigenvalue weighted by Gasteiger charge is -2.38. The van der Waals surface area contributed by atoms with Crippen molar-refractivity contribution >= 4 is 11.8 Å². The van der Waals surface area contributed by atoms with Crippen LogP contribution in [0.3, 0.4) is 0 Å².